The van der Waals surface area contributed by atoms with Gasteiger partial charge in [0.25, 0.3) is 0 Å². The van der Waals surface area contributed by atoms with Crippen LogP contribution in [0.5, 0.6) is 0 Å². The van der Waals surface area contributed by atoms with Crippen LogP contribution in [-0.2, 0) is 9.47 Å². The molecule has 0 aromatic rings. The quantitative estimate of drug-likeness (QED) is 0.508. The van der Waals surface area contributed by atoms with E-state index in [1.165, 1.54) is 14.2 Å². The van der Waals surface area contributed by atoms with Gasteiger partial charge in [-0.15, -0.1) is 0 Å². The van der Waals surface area contributed by atoms with Crippen LogP contribution in [0, 0.1) is 0 Å². The number of methoxy groups -OCH3 is 2. The molecule has 0 aromatic carbocycles. The van der Waals surface area contributed by atoms with Crippen molar-refractivity contribution in [3.05, 3.63) is 0 Å². The average molecular weight is 149 g/mol. The number of hydrogen-bond donors (Lipinski definition) is 2. The topological polar surface area (TPSA) is 64.7 Å². The van der Waals surface area contributed by atoms with Gasteiger partial charge >= 0.3 is 0 Å². The third-order valence-electron chi connectivity index (χ3n) is 1.24. The fourth-order valence-electron chi connectivity index (χ4n) is 0.717. The molecule has 0 saturated heterocycles. The molecule has 62 valence electrons. The Labute approximate surface area is 60.9 Å². The average Bonchev–Trinajstić information content (AvgIpc) is 1.91. The summed E-state index contributed by atoms with van der Waals surface area (Å²) < 4.78 is 9.57. The molecule has 0 aliphatic heterocycles. The van der Waals surface area contributed by atoms with Crippen LogP contribution in [0.15, 0.2) is 0 Å². The summed E-state index contributed by atoms with van der Waals surface area (Å²) in [5.41, 5.74) is 5.21. The largest absolute Gasteiger partial charge is 0.388 e. The van der Waals surface area contributed by atoms with E-state index in [-0.39, 0.29) is 0 Å². The normalized spacial score (nSPS) is 14.1. The van der Waals surface area contributed by atoms with Crippen molar-refractivity contribution in [2.24, 2.45) is 5.73 Å². The second-order valence-electron chi connectivity index (χ2n) is 1.98. The van der Waals surface area contributed by atoms with Crippen molar-refractivity contribution in [3.63, 3.8) is 0 Å². The third-order valence-corrected chi connectivity index (χ3v) is 1.24. The number of nitrogens with two attached hydrogens (primary N) is 1. The Hall–Kier alpha value is -0.160. The predicted octanol–water partition coefficient (Wildman–Crippen LogP) is -0.685. The molecule has 0 heterocycles. The molecule has 0 saturated carbocycles. The summed E-state index contributed by atoms with van der Waals surface area (Å²) in [5, 5.41) is 9.18. The molecule has 0 unspecified atom stereocenters. The highest BCUT2D eigenvalue weighted by Gasteiger charge is 2.15. The van der Waals surface area contributed by atoms with Crippen LogP contribution in [-0.4, -0.2) is 38.3 Å². The molecule has 0 bridgehead atoms. The van der Waals surface area contributed by atoms with E-state index in [4.69, 9.17) is 15.2 Å². The molecular weight excluding hydrogens is 134 g/mol. The smallest absolute Gasteiger partial charge is 0.182 e. The molecule has 1 atom stereocenters. The Bertz CT molecular complexity index is 75.4. The van der Waals surface area contributed by atoms with Crippen LogP contribution in [0.25, 0.3) is 0 Å². The number of ether oxygens (including phenoxy) is 2. The van der Waals surface area contributed by atoms with Crippen LogP contribution >= 0.6 is 0 Å². The van der Waals surface area contributed by atoms with Crippen LogP contribution in [0.4, 0.5) is 0 Å². The maximum atomic E-state index is 9.18. The van der Waals surface area contributed by atoms with Gasteiger partial charge in [0.2, 0.25) is 0 Å². The van der Waals surface area contributed by atoms with Crippen molar-refractivity contribution >= 4 is 0 Å². The van der Waals surface area contributed by atoms with E-state index in [1.54, 1.807) is 0 Å². The zero-order valence-electron chi connectivity index (χ0n) is 6.41. The van der Waals surface area contributed by atoms with Gasteiger partial charge in [-0.2, -0.15) is 0 Å². The zero-order chi connectivity index (χ0) is 7.98. The van der Waals surface area contributed by atoms with Gasteiger partial charge in [-0.25, -0.2) is 0 Å². The van der Waals surface area contributed by atoms with Crippen LogP contribution in [0.2, 0.25) is 0 Å². The first-order valence-corrected chi connectivity index (χ1v) is 3.20. The minimum Gasteiger partial charge on any atom is -0.388 e. The molecule has 0 fully saturated rings. The number of rotatable bonds is 5. The number of aliphatic hydroxyl groups excluding tert-OH is 1. The van der Waals surface area contributed by atoms with Gasteiger partial charge in [0.1, 0.15) is 6.10 Å². The van der Waals surface area contributed by atoms with Crippen molar-refractivity contribution in [1.82, 2.24) is 0 Å². The van der Waals surface area contributed by atoms with Gasteiger partial charge < -0.3 is 20.3 Å². The van der Waals surface area contributed by atoms with E-state index < -0.39 is 12.4 Å². The van der Waals surface area contributed by atoms with Crippen molar-refractivity contribution in [1.29, 1.82) is 0 Å². The van der Waals surface area contributed by atoms with E-state index in [9.17, 15) is 5.11 Å². The Morgan fingerprint density at radius 2 is 1.90 bits per heavy atom. The molecule has 0 aliphatic rings. The maximum Gasteiger partial charge on any atom is 0.182 e. The lowest BCUT2D eigenvalue weighted by atomic mass is 10.2. The molecule has 0 amide bonds. The number of hydrogen-bond acceptors (Lipinski definition) is 4. The molecule has 0 rings (SSSR count). The number of aliphatic hydroxyl groups is 1. The SMILES string of the molecule is COC(OC)[C@H](O)CCN. The molecule has 10 heavy (non-hydrogen) atoms. The molecular formula is C6H15NO3. The van der Waals surface area contributed by atoms with Gasteiger partial charge in [-0.05, 0) is 13.0 Å². The fraction of sp³-hybridized carbons (Fsp3) is 1.00. The lowest BCUT2D eigenvalue weighted by Crippen LogP contribution is -2.31. The van der Waals surface area contributed by atoms with Crippen LogP contribution in [0.1, 0.15) is 6.42 Å². The first-order chi connectivity index (χ1) is 4.76. The van der Waals surface area contributed by atoms with Crippen molar-refractivity contribution < 1.29 is 14.6 Å². The third kappa shape index (κ3) is 3.12. The lowest BCUT2D eigenvalue weighted by molar-refractivity contribution is -0.164. The minimum atomic E-state index is -0.625. The monoisotopic (exact) mass is 149 g/mol. The van der Waals surface area contributed by atoms with Crippen LogP contribution in [0.3, 0.4) is 0 Å². The summed E-state index contributed by atoms with van der Waals surface area (Å²) in [5.74, 6) is 0. The van der Waals surface area contributed by atoms with E-state index in [2.05, 4.69) is 0 Å². The molecule has 3 N–H and O–H groups in total. The van der Waals surface area contributed by atoms with E-state index in [0.29, 0.717) is 13.0 Å². The second-order valence-corrected chi connectivity index (χ2v) is 1.98. The molecule has 0 aliphatic carbocycles. The summed E-state index contributed by atoms with van der Waals surface area (Å²) in [7, 11) is 2.96. The van der Waals surface area contributed by atoms with E-state index in [0.717, 1.165) is 0 Å². The fourth-order valence-corrected chi connectivity index (χ4v) is 0.717. The van der Waals surface area contributed by atoms with Crippen LogP contribution < -0.4 is 5.73 Å². The lowest BCUT2D eigenvalue weighted by Gasteiger charge is -2.18. The van der Waals surface area contributed by atoms with Crippen molar-refractivity contribution in [2.75, 3.05) is 20.8 Å². The first kappa shape index (κ1) is 9.84. The summed E-state index contributed by atoms with van der Waals surface area (Å²) in [6.45, 7) is 0.435. The molecule has 4 nitrogen and oxygen atoms in total. The summed E-state index contributed by atoms with van der Waals surface area (Å²) in [6.07, 6.45) is -0.685. The first-order valence-electron chi connectivity index (χ1n) is 3.20. The van der Waals surface area contributed by atoms with Gasteiger partial charge in [-0.3, -0.25) is 0 Å². The molecule has 4 heteroatoms. The Morgan fingerprint density at radius 1 is 1.40 bits per heavy atom. The van der Waals surface area contributed by atoms with Gasteiger partial charge in [0.05, 0.1) is 0 Å². The highest BCUT2D eigenvalue weighted by atomic mass is 16.7. The van der Waals surface area contributed by atoms with Gasteiger partial charge in [0, 0.05) is 14.2 Å². The molecule has 0 spiro atoms. The van der Waals surface area contributed by atoms with Gasteiger partial charge in [-0.1, -0.05) is 0 Å². The summed E-state index contributed by atoms with van der Waals surface area (Å²) in [4.78, 5) is 0. The Kier molecular flexibility index (Phi) is 5.52. The highest BCUT2D eigenvalue weighted by molar-refractivity contribution is 4.59. The Morgan fingerprint density at radius 3 is 2.20 bits per heavy atom. The van der Waals surface area contributed by atoms with E-state index >= 15 is 0 Å². The summed E-state index contributed by atoms with van der Waals surface area (Å²) in [6, 6.07) is 0. The zero-order valence-corrected chi connectivity index (χ0v) is 6.41. The second kappa shape index (κ2) is 5.61. The highest BCUT2D eigenvalue weighted by Crippen LogP contribution is 2.01. The minimum absolute atomic E-state index is 0.435. The summed E-state index contributed by atoms with van der Waals surface area (Å²) >= 11 is 0. The van der Waals surface area contributed by atoms with Crippen molar-refractivity contribution in [3.8, 4) is 0 Å². The van der Waals surface area contributed by atoms with Crippen molar-refractivity contribution in [2.45, 2.75) is 18.8 Å². The van der Waals surface area contributed by atoms with E-state index in [1.807, 2.05) is 0 Å². The van der Waals surface area contributed by atoms with Gasteiger partial charge in [0.15, 0.2) is 6.29 Å². The molecule has 0 aromatic heterocycles. The predicted molar refractivity (Wildman–Crippen MR) is 37.5 cm³/mol. The Balaban J connectivity index is 3.53. The standard InChI is InChI=1S/C6H15NO3/c1-9-6(10-2)5(8)3-4-7/h5-6,8H,3-4,7H2,1-2H3/t5-/m1/s1. The maximum absolute atomic E-state index is 9.18. The molecule has 0 radical (unpaired) electrons.